The van der Waals surface area contributed by atoms with E-state index >= 15 is 0 Å². The summed E-state index contributed by atoms with van der Waals surface area (Å²) in [6, 6.07) is 68.7. The number of aromatic nitrogens is 2. The van der Waals surface area contributed by atoms with Crippen molar-refractivity contribution < 1.29 is 0 Å². The highest BCUT2D eigenvalue weighted by molar-refractivity contribution is 7.26. The van der Waals surface area contributed by atoms with Gasteiger partial charge in [-0.15, -0.1) is 11.3 Å². The van der Waals surface area contributed by atoms with Crippen LogP contribution < -0.4 is 0 Å². The second-order valence-electron chi connectivity index (χ2n) is 14.7. The SMILES string of the molecule is c1ccc(-c2cccc(-n3c4ccccc4c4cc(-c5cccc(-c6nccc7c6sc6cc8c9ccccc9c9ccccc9c8cc67)c5)ccc43)c2)cc1. The molecule has 0 aliphatic carbocycles. The highest BCUT2D eigenvalue weighted by Gasteiger charge is 2.17. The van der Waals surface area contributed by atoms with E-state index in [1.165, 1.54) is 96.5 Å². The van der Waals surface area contributed by atoms with Crippen molar-refractivity contribution in [3.8, 4) is 39.2 Å². The van der Waals surface area contributed by atoms with E-state index in [-0.39, 0.29) is 0 Å². The topological polar surface area (TPSA) is 17.8 Å². The standard InChI is InChI=1S/C53H32N2S/c1-2-12-33(13-3-1)35-15-11-17-38(29-35)55-49-23-9-8-22-43(49)47-30-36(24-25-50(47)55)34-14-10-16-37(28-34)52-53-44(26-27-54-52)48-31-45-41-20-6-4-18-39(41)40-19-5-7-21-42(40)46(45)32-51(48)56-53/h1-32H. The van der Waals surface area contributed by atoms with Gasteiger partial charge in [0.05, 0.1) is 21.4 Å². The first-order chi connectivity index (χ1) is 27.8. The van der Waals surface area contributed by atoms with Gasteiger partial charge in [0, 0.05) is 43.7 Å². The normalized spacial score (nSPS) is 11.9. The molecule has 0 N–H and O–H groups in total. The van der Waals surface area contributed by atoms with Crippen LogP contribution in [0.4, 0.5) is 0 Å². The van der Waals surface area contributed by atoms with Gasteiger partial charge in [-0.3, -0.25) is 4.98 Å². The van der Waals surface area contributed by atoms with Crippen molar-refractivity contribution >= 4 is 85.6 Å². The number of nitrogens with zero attached hydrogens (tertiary/aromatic N) is 2. The van der Waals surface area contributed by atoms with Crippen LogP contribution in [0, 0.1) is 0 Å². The number of hydrogen-bond donors (Lipinski definition) is 0. The Hall–Kier alpha value is -7.07. The van der Waals surface area contributed by atoms with Gasteiger partial charge in [0.15, 0.2) is 0 Å². The smallest absolute Gasteiger partial charge is 0.0880 e. The average Bonchev–Trinajstić information content (AvgIpc) is 3.81. The summed E-state index contributed by atoms with van der Waals surface area (Å²) in [7, 11) is 0. The molecular weight excluding hydrogens is 697 g/mol. The molecule has 9 aromatic carbocycles. The molecule has 0 amide bonds. The van der Waals surface area contributed by atoms with Crippen LogP contribution in [0.2, 0.25) is 0 Å². The van der Waals surface area contributed by atoms with Crippen molar-refractivity contribution in [3.63, 3.8) is 0 Å². The van der Waals surface area contributed by atoms with Crippen molar-refractivity contribution in [2.75, 3.05) is 0 Å². The fourth-order valence-corrected chi connectivity index (χ4v) is 10.3. The van der Waals surface area contributed by atoms with Gasteiger partial charge in [0.1, 0.15) is 0 Å². The van der Waals surface area contributed by atoms with Gasteiger partial charge in [-0.2, -0.15) is 0 Å². The summed E-state index contributed by atoms with van der Waals surface area (Å²) in [5, 5.41) is 12.8. The monoisotopic (exact) mass is 728 g/mol. The summed E-state index contributed by atoms with van der Waals surface area (Å²) < 4.78 is 4.91. The fourth-order valence-electron chi connectivity index (χ4n) is 9.04. The maximum Gasteiger partial charge on any atom is 0.0880 e. The minimum absolute atomic E-state index is 1.03. The van der Waals surface area contributed by atoms with Crippen LogP contribution in [-0.2, 0) is 0 Å². The summed E-state index contributed by atoms with van der Waals surface area (Å²) in [4.78, 5) is 5.04. The molecule has 0 unspecified atom stereocenters. The second-order valence-corrected chi connectivity index (χ2v) is 15.8. The van der Waals surface area contributed by atoms with E-state index in [1.54, 1.807) is 0 Å². The number of rotatable bonds is 4. The number of para-hydroxylation sites is 1. The highest BCUT2D eigenvalue weighted by Crippen LogP contribution is 2.44. The Kier molecular flexibility index (Phi) is 6.83. The van der Waals surface area contributed by atoms with E-state index in [4.69, 9.17) is 4.98 Å². The van der Waals surface area contributed by atoms with Crippen molar-refractivity contribution in [1.82, 2.24) is 9.55 Å². The Labute approximate surface area is 327 Å². The predicted molar refractivity (Wildman–Crippen MR) is 240 cm³/mol. The molecule has 260 valence electrons. The highest BCUT2D eigenvalue weighted by atomic mass is 32.1. The van der Waals surface area contributed by atoms with Gasteiger partial charge in [0.25, 0.3) is 0 Å². The molecule has 0 spiro atoms. The van der Waals surface area contributed by atoms with E-state index < -0.39 is 0 Å². The van der Waals surface area contributed by atoms with E-state index in [9.17, 15) is 0 Å². The lowest BCUT2D eigenvalue weighted by molar-refractivity contribution is 1.18. The number of fused-ring (bicyclic) bond motifs is 12. The first-order valence-corrected chi connectivity index (χ1v) is 19.9. The van der Waals surface area contributed by atoms with E-state index in [0.717, 1.165) is 16.9 Å². The molecule has 0 aliphatic rings. The minimum atomic E-state index is 1.03. The molecule has 0 atom stereocenters. The molecule has 0 aliphatic heterocycles. The molecule has 2 nitrogen and oxygen atoms in total. The number of thiophene rings is 1. The molecule has 12 rings (SSSR count). The third-order valence-electron chi connectivity index (χ3n) is 11.6. The van der Waals surface area contributed by atoms with Crippen molar-refractivity contribution in [2.24, 2.45) is 0 Å². The van der Waals surface area contributed by atoms with Crippen LogP contribution >= 0.6 is 11.3 Å². The molecule has 0 saturated heterocycles. The van der Waals surface area contributed by atoms with Gasteiger partial charge < -0.3 is 4.57 Å². The Morgan fingerprint density at radius 2 is 0.929 bits per heavy atom. The zero-order chi connectivity index (χ0) is 36.7. The molecule has 56 heavy (non-hydrogen) atoms. The van der Waals surface area contributed by atoms with Crippen LogP contribution in [0.15, 0.2) is 194 Å². The number of hydrogen-bond acceptors (Lipinski definition) is 2. The van der Waals surface area contributed by atoms with E-state index in [1.807, 2.05) is 17.5 Å². The summed E-state index contributed by atoms with van der Waals surface area (Å²) in [6.07, 6.45) is 1.98. The Balaban J connectivity index is 0.998. The average molecular weight is 729 g/mol. The Bertz CT molecular complexity index is 3540. The number of benzene rings is 9. The van der Waals surface area contributed by atoms with Crippen LogP contribution in [0.25, 0.3) is 113 Å². The first kappa shape index (κ1) is 31.3. The van der Waals surface area contributed by atoms with Gasteiger partial charge >= 0.3 is 0 Å². The molecule has 3 heterocycles. The maximum absolute atomic E-state index is 5.04. The van der Waals surface area contributed by atoms with E-state index in [2.05, 4.69) is 193 Å². The number of pyridine rings is 1. The summed E-state index contributed by atoms with van der Waals surface area (Å²) in [5.41, 5.74) is 10.5. The van der Waals surface area contributed by atoms with Crippen LogP contribution in [0.5, 0.6) is 0 Å². The van der Waals surface area contributed by atoms with Gasteiger partial charge in [-0.25, -0.2) is 0 Å². The molecule has 0 bridgehead atoms. The molecule has 0 fully saturated rings. The second kappa shape index (κ2) is 12.2. The Morgan fingerprint density at radius 3 is 1.71 bits per heavy atom. The summed E-state index contributed by atoms with van der Waals surface area (Å²) in [5.74, 6) is 0. The van der Waals surface area contributed by atoms with E-state index in [0.29, 0.717) is 0 Å². The maximum atomic E-state index is 5.04. The summed E-state index contributed by atoms with van der Waals surface area (Å²) >= 11 is 1.85. The third kappa shape index (κ3) is 4.71. The lowest BCUT2D eigenvalue weighted by atomic mass is 9.93. The molecule has 3 aromatic heterocycles. The molecule has 3 heteroatoms. The lowest BCUT2D eigenvalue weighted by Crippen LogP contribution is -1.94. The Morgan fingerprint density at radius 1 is 0.339 bits per heavy atom. The van der Waals surface area contributed by atoms with Crippen molar-refractivity contribution in [2.45, 2.75) is 0 Å². The zero-order valence-electron chi connectivity index (χ0n) is 30.3. The zero-order valence-corrected chi connectivity index (χ0v) is 31.1. The molecule has 12 aromatic rings. The van der Waals surface area contributed by atoms with Crippen LogP contribution in [0.1, 0.15) is 0 Å². The van der Waals surface area contributed by atoms with Gasteiger partial charge in [-0.05, 0) is 109 Å². The molecule has 0 radical (unpaired) electrons. The van der Waals surface area contributed by atoms with Gasteiger partial charge in [0.2, 0.25) is 0 Å². The van der Waals surface area contributed by atoms with Gasteiger partial charge in [-0.1, -0.05) is 133 Å². The fraction of sp³-hybridized carbons (Fsp3) is 0. The minimum Gasteiger partial charge on any atom is -0.309 e. The van der Waals surface area contributed by atoms with Crippen LogP contribution in [0.3, 0.4) is 0 Å². The predicted octanol–water partition coefficient (Wildman–Crippen LogP) is 15.0. The van der Waals surface area contributed by atoms with Crippen molar-refractivity contribution in [3.05, 3.63) is 194 Å². The largest absolute Gasteiger partial charge is 0.309 e. The first-order valence-electron chi connectivity index (χ1n) is 19.1. The van der Waals surface area contributed by atoms with Crippen LogP contribution in [-0.4, -0.2) is 9.55 Å². The molecular formula is C53H32N2S. The molecule has 0 saturated carbocycles. The summed E-state index contributed by atoms with van der Waals surface area (Å²) in [6.45, 7) is 0. The lowest BCUT2D eigenvalue weighted by Gasteiger charge is -2.11. The third-order valence-corrected chi connectivity index (χ3v) is 12.8. The van der Waals surface area contributed by atoms with Crippen molar-refractivity contribution in [1.29, 1.82) is 0 Å². The quantitative estimate of drug-likeness (QED) is 0.165.